The van der Waals surface area contributed by atoms with Crippen molar-refractivity contribution < 1.29 is 5.11 Å². The van der Waals surface area contributed by atoms with Crippen LogP contribution in [0.25, 0.3) is 0 Å². The molecule has 0 aliphatic rings. The van der Waals surface area contributed by atoms with Crippen molar-refractivity contribution in [2.75, 3.05) is 0 Å². The van der Waals surface area contributed by atoms with Crippen LogP contribution in [0.15, 0.2) is 34.5 Å². The van der Waals surface area contributed by atoms with Gasteiger partial charge in [0.1, 0.15) is 5.75 Å². The zero-order valence-electron chi connectivity index (χ0n) is 7.81. The molecule has 0 saturated carbocycles. The van der Waals surface area contributed by atoms with E-state index >= 15 is 0 Å². The zero-order valence-corrected chi connectivity index (χ0v) is 7.81. The molecule has 5 N–H and O–H groups in total. The van der Waals surface area contributed by atoms with E-state index in [0.717, 1.165) is 5.56 Å². The second-order valence-corrected chi connectivity index (χ2v) is 2.76. The quantitative estimate of drug-likeness (QED) is 0.359. The molecule has 0 fully saturated rings. The van der Waals surface area contributed by atoms with E-state index in [4.69, 9.17) is 11.5 Å². The molecule has 0 heterocycles. The third-order valence-corrected chi connectivity index (χ3v) is 1.58. The van der Waals surface area contributed by atoms with Crippen LogP contribution in [0.2, 0.25) is 0 Å². The molecule has 5 heteroatoms. The summed E-state index contributed by atoms with van der Waals surface area (Å²) in [7, 11) is 0. The predicted molar refractivity (Wildman–Crippen MR) is 56.1 cm³/mol. The molecule has 5 nitrogen and oxygen atoms in total. The van der Waals surface area contributed by atoms with E-state index in [9.17, 15) is 5.11 Å². The lowest BCUT2D eigenvalue weighted by Crippen LogP contribution is -2.22. The third-order valence-electron chi connectivity index (χ3n) is 1.58. The summed E-state index contributed by atoms with van der Waals surface area (Å²) in [4.78, 5) is 0. The number of guanidine groups is 1. The zero-order chi connectivity index (χ0) is 10.6. The topological polar surface area (TPSA) is 97.0 Å². The van der Waals surface area contributed by atoms with Crippen LogP contribution < -0.4 is 11.5 Å². The van der Waals surface area contributed by atoms with Crippen molar-refractivity contribution in [1.82, 2.24) is 0 Å². The standard InChI is InChI=1S/C9H12N4O/c1-6(12-13-9(10)11)7-3-2-4-8(14)5-7/h2-5,14H,1H3,(H4,10,11,13). The first kappa shape index (κ1) is 10.0. The van der Waals surface area contributed by atoms with Crippen LogP contribution in [0.3, 0.4) is 0 Å². The fourth-order valence-electron chi connectivity index (χ4n) is 0.921. The number of rotatable bonds is 2. The summed E-state index contributed by atoms with van der Waals surface area (Å²) in [5.74, 6) is 0.0891. The van der Waals surface area contributed by atoms with Gasteiger partial charge in [-0.15, -0.1) is 5.10 Å². The first-order valence-electron chi connectivity index (χ1n) is 4.02. The Hall–Kier alpha value is -2.04. The van der Waals surface area contributed by atoms with E-state index in [1.54, 1.807) is 31.2 Å². The molecule has 1 aromatic rings. The van der Waals surface area contributed by atoms with Gasteiger partial charge in [0.05, 0.1) is 5.71 Å². The Kier molecular flexibility index (Phi) is 3.06. The minimum atomic E-state index is -0.0931. The number of nitrogens with zero attached hydrogens (tertiary/aromatic N) is 2. The molecule has 0 unspecified atom stereocenters. The Morgan fingerprint density at radius 2 is 2.00 bits per heavy atom. The van der Waals surface area contributed by atoms with Gasteiger partial charge in [-0.3, -0.25) is 0 Å². The molecule has 0 radical (unpaired) electrons. The second-order valence-electron chi connectivity index (χ2n) is 2.76. The van der Waals surface area contributed by atoms with E-state index in [-0.39, 0.29) is 11.7 Å². The molecule has 0 aliphatic heterocycles. The molecule has 0 aromatic heterocycles. The molecular formula is C9H12N4O. The molecule has 0 saturated heterocycles. The number of aromatic hydroxyl groups is 1. The Morgan fingerprint density at radius 3 is 2.57 bits per heavy atom. The molecule has 0 aliphatic carbocycles. The van der Waals surface area contributed by atoms with Gasteiger partial charge in [0, 0.05) is 5.56 Å². The van der Waals surface area contributed by atoms with Crippen molar-refractivity contribution in [3.05, 3.63) is 29.8 Å². The van der Waals surface area contributed by atoms with Crippen molar-refractivity contribution in [3.8, 4) is 5.75 Å². The number of nitrogens with two attached hydrogens (primary N) is 2. The van der Waals surface area contributed by atoms with Crippen molar-refractivity contribution >= 4 is 11.7 Å². The molecule has 0 bridgehead atoms. The van der Waals surface area contributed by atoms with Crippen molar-refractivity contribution in [3.63, 3.8) is 0 Å². The number of phenols is 1. The normalized spacial score (nSPS) is 11.1. The molecular weight excluding hydrogens is 180 g/mol. The van der Waals surface area contributed by atoms with E-state index in [2.05, 4.69) is 10.2 Å². The summed E-state index contributed by atoms with van der Waals surface area (Å²) >= 11 is 0. The van der Waals surface area contributed by atoms with Gasteiger partial charge in [-0.25, -0.2) is 0 Å². The highest BCUT2D eigenvalue weighted by molar-refractivity contribution is 5.99. The second kappa shape index (κ2) is 4.27. The van der Waals surface area contributed by atoms with Gasteiger partial charge in [-0.1, -0.05) is 12.1 Å². The smallest absolute Gasteiger partial charge is 0.211 e. The monoisotopic (exact) mass is 192 g/mol. The number of phenolic OH excluding ortho intramolecular Hbond substituents is 1. The number of benzene rings is 1. The summed E-state index contributed by atoms with van der Waals surface area (Å²) < 4.78 is 0. The Morgan fingerprint density at radius 1 is 1.29 bits per heavy atom. The maximum Gasteiger partial charge on any atom is 0.211 e. The van der Waals surface area contributed by atoms with Gasteiger partial charge in [-0.2, -0.15) is 5.10 Å². The van der Waals surface area contributed by atoms with Crippen molar-refractivity contribution in [2.24, 2.45) is 21.7 Å². The predicted octanol–water partition coefficient (Wildman–Crippen LogP) is 0.390. The summed E-state index contributed by atoms with van der Waals surface area (Å²) in [6.45, 7) is 1.75. The fourth-order valence-corrected chi connectivity index (χ4v) is 0.921. The lowest BCUT2D eigenvalue weighted by atomic mass is 10.1. The first-order chi connectivity index (χ1) is 6.59. The van der Waals surface area contributed by atoms with Crippen LogP contribution in [-0.4, -0.2) is 16.8 Å². The Bertz CT molecular complexity index is 380. The Labute approximate surface area is 81.8 Å². The van der Waals surface area contributed by atoms with Crippen LogP contribution in [-0.2, 0) is 0 Å². The van der Waals surface area contributed by atoms with Crippen molar-refractivity contribution in [1.29, 1.82) is 0 Å². The summed E-state index contributed by atoms with van der Waals surface area (Å²) in [6.07, 6.45) is 0. The molecule has 0 atom stereocenters. The van der Waals surface area contributed by atoms with Gasteiger partial charge in [0.25, 0.3) is 0 Å². The molecule has 74 valence electrons. The summed E-state index contributed by atoms with van der Waals surface area (Å²) in [6, 6.07) is 6.69. The van der Waals surface area contributed by atoms with Crippen LogP contribution in [0.4, 0.5) is 0 Å². The molecule has 1 aromatic carbocycles. The third kappa shape index (κ3) is 2.78. The fraction of sp³-hybridized carbons (Fsp3) is 0.111. The molecule has 0 amide bonds. The number of hydrogen-bond donors (Lipinski definition) is 3. The van der Waals surface area contributed by atoms with Crippen LogP contribution >= 0.6 is 0 Å². The number of hydrogen-bond acceptors (Lipinski definition) is 3. The molecule has 14 heavy (non-hydrogen) atoms. The highest BCUT2D eigenvalue weighted by Gasteiger charge is 1.97. The Balaban J connectivity index is 2.95. The largest absolute Gasteiger partial charge is 0.508 e. The molecule has 0 spiro atoms. The van der Waals surface area contributed by atoms with Gasteiger partial charge in [-0.05, 0) is 19.1 Å². The van der Waals surface area contributed by atoms with E-state index in [1.165, 1.54) is 0 Å². The van der Waals surface area contributed by atoms with E-state index in [1.807, 2.05) is 0 Å². The summed E-state index contributed by atoms with van der Waals surface area (Å²) in [5, 5.41) is 16.5. The average Bonchev–Trinajstić information content (AvgIpc) is 2.14. The van der Waals surface area contributed by atoms with E-state index in [0.29, 0.717) is 5.71 Å². The summed E-state index contributed by atoms with van der Waals surface area (Å²) in [5.41, 5.74) is 11.6. The maximum atomic E-state index is 9.20. The first-order valence-corrected chi connectivity index (χ1v) is 4.02. The lowest BCUT2D eigenvalue weighted by molar-refractivity contribution is 0.475. The average molecular weight is 192 g/mol. The van der Waals surface area contributed by atoms with Crippen LogP contribution in [0.1, 0.15) is 12.5 Å². The van der Waals surface area contributed by atoms with Crippen molar-refractivity contribution in [2.45, 2.75) is 6.92 Å². The highest BCUT2D eigenvalue weighted by Crippen LogP contribution is 2.11. The minimum absolute atomic E-state index is 0.0931. The van der Waals surface area contributed by atoms with Crippen LogP contribution in [0, 0.1) is 0 Å². The van der Waals surface area contributed by atoms with Gasteiger partial charge in [0.15, 0.2) is 0 Å². The van der Waals surface area contributed by atoms with Gasteiger partial charge in [0.2, 0.25) is 5.96 Å². The van der Waals surface area contributed by atoms with Gasteiger partial charge >= 0.3 is 0 Å². The van der Waals surface area contributed by atoms with E-state index < -0.39 is 0 Å². The highest BCUT2D eigenvalue weighted by atomic mass is 16.3. The minimum Gasteiger partial charge on any atom is -0.508 e. The molecule has 1 rings (SSSR count). The lowest BCUT2D eigenvalue weighted by Gasteiger charge is -1.98. The SMILES string of the molecule is CC(=NN=C(N)N)c1cccc(O)c1. The van der Waals surface area contributed by atoms with Crippen LogP contribution in [0.5, 0.6) is 5.75 Å². The maximum absolute atomic E-state index is 9.20. The van der Waals surface area contributed by atoms with Gasteiger partial charge < -0.3 is 16.6 Å².